The SMILES string of the molecule is O=C(c1ccc(Cl)nc1)N1CCC(OCCO)CC1. The molecule has 0 spiro atoms. The molecule has 2 heterocycles. The van der Waals surface area contributed by atoms with Crippen molar-refractivity contribution in [2.24, 2.45) is 0 Å². The number of ether oxygens (including phenoxy) is 1. The van der Waals surface area contributed by atoms with Crippen molar-refractivity contribution < 1.29 is 14.6 Å². The van der Waals surface area contributed by atoms with Gasteiger partial charge < -0.3 is 14.7 Å². The Morgan fingerprint density at radius 3 is 2.79 bits per heavy atom. The lowest BCUT2D eigenvalue weighted by atomic mass is 10.1. The van der Waals surface area contributed by atoms with Crippen LogP contribution in [0.15, 0.2) is 18.3 Å². The number of hydrogen-bond acceptors (Lipinski definition) is 4. The number of rotatable bonds is 4. The molecule has 104 valence electrons. The lowest BCUT2D eigenvalue weighted by Gasteiger charge is -2.31. The Bertz CT molecular complexity index is 416. The minimum atomic E-state index is -0.0234. The molecule has 0 saturated carbocycles. The molecule has 5 nitrogen and oxygen atoms in total. The lowest BCUT2D eigenvalue weighted by molar-refractivity contribution is -0.00554. The van der Waals surface area contributed by atoms with E-state index in [0.29, 0.717) is 30.4 Å². The van der Waals surface area contributed by atoms with Crippen molar-refractivity contribution in [2.45, 2.75) is 18.9 Å². The maximum absolute atomic E-state index is 12.2. The Kier molecular flexibility index (Phi) is 5.13. The van der Waals surface area contributed by atoms with Gasteiger partial charge in [-0.3, -0.25) is 4.79 Å². The quantitative estimate of drug-likeness (QED) is 0.848. The summed E-state index contributed by atoms with van der Waals surface area (Å²) in [4.78, 5) is 17.9. The van der Waals surface area contributed by atoms with Crippen molar-refractivity contribution in [3.8, 4) is 0 Å². The summed E-state index contributed by atoms with van der Waals surface area (Å²) >= 11 is 5.70. The van der Waals surface area contributed by atoms with Crippen LogP contribution >= 0.6 is 11.6 Å². The van der Waals surface area contributed by atoms with E-state index in [0.717, 1.165) is 12.8 Å². The molecule has 1 aliphatic heterocycles. The van der Waals surface area contributed by atoms with Gasteiger partial charge in [-0.25, -0.2) is 4.98 Å². The third-order valence-electron chi connectivity index (χ3n) is 3.15. The van der Waals surface area contributed by atoms with Crippen molar-refractivity contribution in [1.82, 2.24) is 9.88 Å². The normalized spacial score (nSPS) is 16.6. The van der Waals surface area contributed by atoms with Crippen LogP contribution < -0.4 is 0 Å². The van der Waals surface area contributed by atoms with Crippen LogP contribution in [0.4, 0.5) is 0 Å². The fourth-order valence-electron chi connectivity index (χ4n) is 2.13. The van der Waals surface area contributed by atoms with Gasteiger partial charge in [0.15, 0.2) is 0 Å². The van der Waals surface area contributed by atoms with E-state index < -0.39 is 0 Å². The number of carbonyl (C=O) groups excluding carboxylic acids is 1. The van der Waals surface area contributed by atoms with E-state index in [1.54, 1.807) is 17.0 Å². The van der Waals surface area contributed by atoms with Crippen LogP contribution in [0.3, 0.4) is 0 Å². The van der Waals surface area contributed by atoms with Crippen LogP contribution in [-0.2, 0) is 4.74 Å². The molecule has 2 rings (SSSR count). The first-order chi connectivity index (χ1) is 9.20. The van der Waals surface area contributed by atoms with Gasteiger partial charge >= 0.3 is 0 Å². The highest BCUT2D eigenvalue weighted by atomic mass is 35.5. The Labute approximate surface area is 117 Å². The van der Waals surface area contributed by atoms with Crippen LogP contribution in [0.1, 0.15) is 23.2 Å². The van der Waals surface area contributed by atoms with Crippen molar-refractivity contribution in [3.63, 3.8) is 0 Å². The number of aliphatic hydroxyl groups is 1. The number of nitrogens with zero attached hydrogens (tertiary/aromatic N) is 2. The summed E-state index contributed by atoms with van der Waals surface area (Å²) in [5.41, 5.74) is 0.555. The van der Waals surface area contributed by atoms with E-state index in [1.807, 2.05) is 0 Å². The average molecular weight is 285 g/mol. The fourth-order valence-corrected chi connectivity index (χ4v) is 2.24. The Hall–Kier alpha value is -1.17. The van der Waals surface area contributed by atoms with Crippen molar-refractivity contribution in [1.29, 1.82) is 0 Å². The second-order valence-corrected chi connectivity index (χ2v) is 4.84. The maximum atomic E-state index is 12.2. The second kappa shape index (κ2) is 6.84. The Morgan fingerprint density at radius 1 is 1.47 bits per heavy atom. The van der Waals surface area contributed by atoms with Gasteiger partial charge in [0, 0.05) is 19.3 Å². The highest BCUT2D eigenvalue weighted by Gasteiger charge is 2.24. The van der Waals surface area contributed by atoms with Crippen LogP contribution in [0.25, 0.3) is 0 Å². The molecule has 0 atom stereocenters. The standard InChI is InChI=1S/C13H17ClN2O3/c14-12-2-1-10(9-15-12)13(18)16-5-3-11(4-6-16)19-8-7-17/h1-2,9,11,17H,3-8H2. The molecule has 1 aromatic heterocycles. The zero-order valence-corrected chi connectivity index (χ0v) is 11.3. The summed E-state index contributed by atoms with van der Waals surface area (Å²) in [5.74, 6) is -0.0234. The summed E-state index contributed by atoms with van der Waals surface area (Å²) < 4.78 is 5.46. The van der Waals surface area contributed by atoms with Crippen LogP contribution in [0.2, 0.25) is 5.15 Å². The molecule has 0 aromatic carbocycles. The molecule has 0 unspecified atom stereocenters. The summed E-state index contributed by atoms with van der Waals surface area (Å²) in [6, 6.07) is 3.30. The molecule has 0 bridgehead atoms. The predicted octanol–water partition coefficient (Wildman–Crippen LogP) is 1.35. The van der Waals surface area contributed by atoms with Gasteiger partial charge in [0.1, 0.15) is 5.15 Å². The number of amides is 1. The molecule has 1 fully saturated rings. The van der Waals surface area contributed by atoms with Gasteiger partial charge in [0.2, 0.25) is 0 Å². The summed E-state index contributed by atoms with van der Waals surface area (Å²) in [5, 5.41) is 9.08. The minimum Gasteiger partial charge on any atom is -0.394 e. The molecule has 6 heteroatoms. The molecule has 1 aliphatic rings. The number of piperidine rings is 1. The zero-order chi connectivity index (χ0) is 13.7. The number of halogens is 1. The number of pyridine rings is 1. The molecule has 1 amide bonds. The van der Waals surface area contributed by atoms with E-state index in [9.17, 15) is 4.79 Å². The van der Waals surface area contributed by atoms with Crippen molar-refractivity contribution in [2.75, 3.05) is 26.3 Å². The first kappa shape index (κ1) is 14.2. The lowest BCUT2D eigenvalue weighted by Crippen LogP contribution is -2.41. The van der Waals surface area contributed by atoms with Gasteiger partial charge in [-0.15, -0.1) is 0 Å². The Morgan fingerprint density at radius 2 is 2.21 bits per heavy atom. The van der Waals surface area contributed by atoms with E-state index in [2.05, 4.69) is 4.98 Å². The number of hydrogen-bond donors (Lipinski definition) is 1. The van der Waals surface area contributed by atoms with E-state index in [1.165, 1.54) is 6.20 Å². The average Bonchev–Trinajstić information content (AvgIpc) is 2.46. The monoisotopic (exact) mass is 284 g/mol. The van der Waals surface area contributed by atoms with Crippen molar-refractivity contribution >= 4 is 17.5 Å². The van der Waals surface area contributed by atoms with Crippen LogP contribution in [-0.4, -0.2) is 53.3 Å². The number of aromatic nitrogens is 1. The molecule has 19 heavy (non-hydrogen) atoms. The van der Waals surface area contributed by atoms with E-state index in [-0.39, 0.29) is 18.6 Å². The third-order valence-corrected chi connectivity index (χ3v) is 3.37. The third kappa shape index (κ3) is 3.89. The molecule has 1 aromatic rings. The topological polar surface area (TPSA) is 62.7 Å². The summed E-state index contributed by atoms with van der Waals surface area (Å²) in [7, 11) is 0. The van der Waals surface area contributed by atoms with Crippen LogP contribution in [0.5, 0.6) is 0 Å². The van der Waals surface area contributed by atoms with Gasteiger partial charge in [0.25, 0.3) is 5.91 Å². The first-order valence-electron chi connectivity index (χ1n) is 6.34. The fraction of sp³-hybridized carbons (Fsp3) is 0.538. The largest absolute Gasteiger partial charge is 0.394 e. The van der Waals surface area contributed by atoms with Gasteiger partial charge in [-0.05, 0) is 25.0 Å². The Balaban J connectivity index is 1.87. The predicted molar refractivity (Wildman–Crippen MR) is 71.2 cm³/mol. The number of carbonyl (C=O) groups is 1. The summed E-state index contributed by atoms with van der Waals surface area (Å²) in [6.45, 7) is 1.73. The smallest absolute Gasteiger partial charge is 0.255 e. The minimum absolute atomic E-state index is 0.0234. The summed E-state index contributed by atoms with van der Waals surface area (Å²) in [6.07, 6.45) is 3.23. The maximum Gasteiger partial charge on any atom is 0.255 e. The van der Waals surface area contributed by atoms with Crippen molar-refractivity contribution in [3.05, 3.63) is 29.0 Å². The zero-order valence-electron chi connectivity index (χ0n) is 10.6. The highest BCUT2D eigenvalue weighted by molar-refractivity contribution is 6.29. The van der Waals surface area contributed by atoms with E-state index >= 15 is 0 Å². The molecule has 0 aliphatic carbocycles. The molecule has 1 saturated heterocycles. The molecular weight excluding hydrogens is 268 g/mol. The number of likely N-dealkylation sites (tertiary alicyclic amines) is 1. The second-order valence-electron chi connectivity index (χ2n) is 4.46. The molecule has 1 N–H and O–H groups in total. The first-order valence-corrected chi connectivity index (χ1v) is 6.72. The number of aliphatic hydroxyl groups excluding tert-OH is 1. The van der Waals surface area contributed by atoms with E-state index in [4.69, 9.17) is 21.4 Å². The van der Waals surface area contributed by atoms with Gasteiger partial charge in [-0.2, -0.15) is 0 Å². The van der Waals surface area contributed by atoms with Gasteiger partial charge in [-0.1, -0.05) is 11.6 Å². The van der Waals surface area contributed by atoms with Crippen LogP contribution in [0, 0.1) is 0 Å². The molecule has 0 radical (unpaired) electrons. The van der Waals surface area contributed by atoms with Gasteiger partial charge in [0.05, 0.1) is 24.9 Å². The highest BCUT2D eigenvalue weighted by Crippen LogP contribution is 2.16. The molecular formula is C13H17ClN2O3.